The summed E-state index contributed by atoms with van der Waals surface area (Å²) in [6.45, 7) is 0.343. The van der Waals surface area contributed by atoms with E-state index in [0.717, 1.165) is 16.7 Å². The van der Waals surface area contributed by atoms with Crippen molar-refractivity contribution in [3.05, 3.63) is 71.3 Å². The molecule has 0 aromatic heterocycles. The minimum atomic E-state index is -0.279. The summed E-state index contributed by atoms with van der Waals surface area (Å²) in [6, 6.07) is 16.1. The second-order valence-electron chi connectivity index (χ2n) is 6.90. The first-order valence-electron chi connectivity index (χ1n) is 9.68. The smallest absolute Gasteiger partial charge is 0.255 e. The Hall–Kier alpha value is -4.00. The highest BCUT2D eigenvalue weighted by Gasteiger charge is 2.29. The van der Waals surface area contributed by atoms with Crippen LogP contribution >= 0.6 is 0 Å². The lowest BCUT2D eigenvalue weighted by atomic mass is 9.94. The molecule has 1 aliphatic rings. The van der Waals surface area contributed by atoms with Crippen LogP contribution in [0.3, 0.4) is 0 Å². The molecular formula is C24H22N2O5. The van der Waals surface area contributed by atoms with Gasteiger partial charge >= 0.3 is 0 Å². The first-order chi connectivity index (χ1) is 15.1. The number of anilines is 1. The molecule has 0 bridgehead atoms. The minimum absolute atomic E-state index is 0.236. The van der Waals surface area contributed by atoms with Crippen LogP contribution in [0.2, 0.25) is 0 Å². The number of carbonyl (C=O) groups excluding carboxylic acids is 2. The van der Waals surface area contributed by atoms with Crippen LogP contribution in [0, 0.1) is 0 Å². The predicted octanol–water partition coefficient (Wildman–Crippen LogP) is 3.88. The maximum absolute atomic E-state index is 12.6. The zero-order chi connectivity index (χ0) is 22.0. The van der Waals surface area contributed by atoms with Crippen LogP contribution in [-0.2, 0) is 6.54 Å². The van der Waals surface area contributed by atoms with Gasteiger partial charge in [0.15, 0.2) is 11.5 Å². The number of rotatable bonds is 6. The van der Waals surface area contributed by atoms with Gasteiger partial charge < -0.3 is 24.8 Å². The Morgan fingerprint density at radius 3 is 2.26 bits per heavy atom. The molecule has 0 spiro atoms. The number of amides is 2. The highest BCUT2D eigenvalue weighted by atomic mass is 16.5. The third kappa shape index (κ3) is 3.54. The fourth-order valence-corrected chi connectivity index (χ4v) is 3.80. The predicted molar refractivity (Wildman–Crippen MR) is 117 cm³/mol. The number of hydrogen-bond donors (Lipinski definition) is 2. The van der Waals surface area contributed by atoms with E-state index in [1.165, 1.54) is 0 Å². The van der Waals surface area contributed by atoms with Gasteiger partial charge in [-0.15, -0.1) is 0 Å². The van der Waals surface area contributed by atoms with Gasteiger partial charge in [-0.05, 0) is 41.5 Å². The fraction of sp³-hybridized carbons (Fsp3) is 0.167. The van der Waals surface area contributed by atoms with E-state index in [1.807, 2.05) is 18.2 Å². The van der Waals surface area contributed by atoms with E-state index in [-0.39, 0.29) is 11.8 Å². The number of ether oxygens (including phenoxy) is 3. The molecule has 7 heteroatoms. The molecule has 1 aliphatic heterocycles. The Morgan fingerprint density at radius 1 is 0.871 bits per heavy atom. The number of nitrogens with one attached hydrogen (secondary N) is 2. The number of hydrogen-bond acceptors (Lipinski definition) is 5. The molecule has 0 radical (unpaired) electrons. The maximum Gasteiger partial charge on any atom is 0.255 e. The third-order valence-electron chi connectivity index (χ3n) is 5.24. The molecule has 2 amide bonds. The largest absolute Gasteiger partial charge is 0.493 e. The Kier molecular flexibility index (Phi) is 5.49. The number of benzene rings is 3. The molecule has 0 aliphatic carbocycles. The van der Waals surface area contributed by atoms with E-state index in [1.54, 1.807) is 57.7 Å². The lowest BCUT2D eigenvalue weighted by molar-refractivity contribution is 0.0966. The van der Waals surface area contributed by atoms with Crippen LogP contribution in [0.5, 0.6) is 17.2 Å². The Morgan fingerprint density at radius 2 is 1.58 bits per heavy atom. The zero-order valence-corrected chi connectivity index (χ0v) is 17.4. The van der Waals surface area contributed by atoms with Crippen molar-refractivity contribution >= 4 is 17.5 Å². The van der Waals surface area contributed by atoms with E-state index in [0.29, 0.717) is 40.6 Å². The molecule has 31 heavy (non-hydrogen) atoms. The molecule has 158 valence electrons. The lowest BCUT2D eigenvalue weighted by Gasteiger charge is -2.18. The van der Waals surface area contributed by atoms with E-state index < -0.39 is 0 Å². The highest BCUT2D eigenvalue weighted by molar-refractivity contribution is 6.11. The van der Waals surface area contributed by atoms with Crippen molar-refractivity contribution in [1.29, 1.82) is 0 Å². The lowest BCUT2D eigenvalue weighted by Crippen LogP contribution is -2.17. The first kappa shape index (κ1) is 20.3. The van der Waals surface area contributed by atoms with E-state index in [9.17, 15) is 9.59 Å². The van der Waals surface area contributed by atoms with Crippen LogP contribution in [0.4, 0.5) is 5.69 Å². The topological polar surface area (TPSA) is 85.9 Å². The summed E-state index contributed by atoms with van der Waals surface area (Å²) in [5.41, 5.74) is 3.76. The number of carbonyl (C=O) groups is 2. The molecule has 7 nitrogen and oxygen atoms in total. The van der Waals surface area contributed by atoms with Gasteiger partial charge in [-0.2, -0.15) is 0 Å². The van der Waals surface area contributed by atoms with Gasteiger partial charge in [0, 0.05) is 17.7 Å². The summed E-state index contributed by atoms with van der Waals surface area (Å²) in [5.74, 6) is 0.999. The van der Waals surface area contributed by atoms with Gasteiger partial charge in [0.2, 0.25) is 5.75 Å². The molecule has 3 aromatic rings. The maximum atomic E-state index is 12.6. The van der Waals surface area contributed by atoms with Crippen molar-refractivity contribution in [3.63, 3.8) is 0 Å². The standard InChI is InChI=1S/C24H22N2O5/c1-29-19-12-10-16(21(30-2)22(19)31-3)15-9-11-18(20-17(15)13-25-24(20)28)26-23(27)14-7-5-4-6-8-14/h4-12H,13H2,1-3H3,(H,25,28)(H,26,27). The van der Waals surface area contributed by atoms with Gasteiger partial charge in [0.1, 0.15) is 0 Å². The molecule has 0 unspecified atom stereocenters. The molecule has 0 saturated heterocycles. The average Bonchev–Trinajstić information content (AvgIpc) is 3.20. The van der Waals surface area contributed by atoms with Gasteiger partial charge in [0.05, 0.1) is 32.6 Å². The monoisotopic (exact) mass is 418 g/mol. The van der Waals surface area contributed by atoms with Crippen molar-refractivity contribution in [2.24, 2.45) is 0 Å². The quantitative estimate of drug-likeness (QED) is 0.635. The zero-order valence-electron chi connectivity index (χ0n) is 17.4. The number of methoxy groups -OCH3 is 3. The van der Waals surface area contributed by atoms with Crippen LogP contribution in [0.15, 0.2) is 54.6 Å². The SMILES string of the molecule is COc1ccc(-c2ccc(NC(=O)c3ccccc3)c3c2CNC3=O)c(OC)c1OC. The first-order valence-corrected chi connectivity index (χ1v) is 9.68. The second kappa shape index (κ2) is 8.39. The molecule has 0 fully saturated rings. The van der Waals surface area contributed by atoms with Crippen molar-refractivity contribution < 1.29 is 23.8 Å². The minimum Gasteiger partial charge on any atom is -0.493 e. The average molecular weight is 418 g/mol. The van der Waals surface area contributed by atoms with Crippen molar-refractivity contribution in [3.8, 4) is 28.4 Å². The summed E-state index contributed by atoms with van der Waals surface area (Å²) >= 11 is 0. The molecule has 3 aromatic carbocycles. The molecular weight excluding hydrogens is 396 g/mol. The van der Waals surface area contributed by atoms with Crippen molar-refractivity contribution in [2.45, 2.75) is 6.54 Å². The fourth-order valence-electron chi connectivity index (χ4n) is 3.80. The van der Waals surface area contributed by atoms with E-state index in [2.05, 4.69) is 10.6 Å². The second-order valence-corrected chi connectivity index (χ2v) is 6.90. The highest BCUT2D eigenvalue weighted by Crippen LogP contribution is 2.46. The van der Waals surface area contributed by atoms with Gasteiger partial charge in [-0.3, -0.25) is 9.59 Å². The van der Waals surface area contributed by atoms with Gasteiger partial charge in [-0.25, -0.2) is 0 Å². The molecule has 1 heterocycles. The van der Waals surface area contributed by atoms with Crippen LogP contribution in [0.25, 0.3) is 11.1 Å². The van der Waals surface area contributed by atoms with E-state index in [4.69, 9.17) is 14.2 Å². The van der Waals surface area contributed by atoms with Crippen molar-refractivity contribution in [1.82, 2.24) is 5.32 Å². The van der Waals surface area contributed by atoms with Crippen LogP contribution in [-0.4, -0.2) is 33.1 Å². The molecule has 0 atom stereocenters. The molecule has 4 rings (SSSR count). The van der Waals surface area contributed by atoms with Crippen LogP contribution in [0.1, 0.15) is 26.3 Å². The van der Waals surface area contributed by atoms with E-state index >= 15 is 0 Å². The number of fused-ring (bicyclic) bond motifs is 1. The Labute approximate surface area is 179 Å². The van der Waals surface area contributed by atoms with Crippen molar-refractivity contribution in [2.75, 3.05) is 26.6 Å². The molecule has 2 N–H and O–H groups in total. The third-order valence-corrected chi connectivity index (χ3v) is 5.24. The molecule has 0 saturated carbocycles. The van der Waals surface area contributed by atoms with Crippen LogP contribution < -0.4 is 24.8 Å². The summed E-state index contributed by atoms with van der Waals surface area (Å²) < 4.78 is 16.5. The summed E-state index contributed by atoms with van der Waals surface area (Å²) in [5, 5.41) is 5.71. The van der Waals surface area contributed by atoms with Gasteiger partial charge in [-0.1, -0.05) is 24.3 Å². The Balaban J connectivity index is 1.81. The normalized spacial score (nSPS) is 12.0. The summed E-state index contributed by atoms with van der Waals surface area (Å²) in [6.07, 6.45) is 0. The van der Waals surface area contributed by atoms with Gasteiger partial charge in [0.25, 0.3) is 11.8 Å². The summed E-state index contributed by atoms with van der Waals surface area (Å²) in [4.78, 5) is 25.3. The summed E-state index contributed by atoms with van der Waals surface area (Å²) in [7, 11) is 4.65. The Bertz CT molecular complexity index is 1160.